The van der Waals surface area contributed by atoms with E-state index in [0.717, 1.165) is 5.75 Å². The lowest BCUT2D eigenvalue weighted by Crippen LogP contribution is -2.26. The highest BCUT2D eigenvalue weighted by atomic mass is 32.2. The van der Waals surface area contributed by atoms with Gasteiger partial charge in [-0.2, -0.15) is 11.8 Å². The van der Waals surface area contributed by atoms with E-state index in [1.54, 1.807) is 0 Å². The molecule has 0 aromatic rings. The standard InChI is InChI=1S/C9H19NOS/c1-7(11)8(2)12-6-9-4-3-5-10-9/h7-11H,3-6H2,1-2H3/t7?,8?,9-/m1/s1. The predicted octanol–water partition coefficient (Wildman–Crippen LogP) is 1.24. The van der Waals surface area contributed by atoms with Gasteiger partial charge in [-0.3, -0.25) is 0 Å². The predicted molar refractivity (Wildman–Crippen MR) is 54.6 cm³/mol. The van der Waals surface area contributed by atoms with Gasteiger partial charge in [-0.15, -0.1) is 0 Å². The molecule has 0 bridgehead atoms. The van der Waals surface area contributed by atoms with Crippen LogP contribution < -0.4 is 5.32 Å². The van der Waals surface area contributed by atoms with Crippen molar-refractivity contribution >= 4 is 11.8 Å². The molecule has 0 aliphatic carbocycles. The normalized spacial score (nSPS) is 28.8. The Morgan fingerprint density at radius 1 is 1.58 bits per heavy atom. The zero-order valence-corrected chi connectivity index (χ0v) is 8.73. The number of nitrogens with one attached hydrogen (secondary N) is 1. The molecule has 3 atom stereocenters. The zero-order valence-electron chi connectivity index (χ0n) is 7.92. The summed E-state index contributed by atoms with van der Waals surface area (Å²) in [5.41, 5.74) is 0. The molecule has 0 amide bonds. The quantitative estimate of drug-likeness (QED) is 0.698. The van der Waals surface area contributed by atoms with Gasteiger partial charge in [0.2, 0.25) is 0 Å². The van der Waals surface area contributed by atoms with Crippen molar-refractivity contribution in [1.29, 1.82) is 0 Å². The van der Waals surface area contributed by atoms with E-state index in [1.807, 2.05) is 18.7 Å². The Labute approximate surface area is 79.1 Å². The average molecular weight is 189 g/mol. The highest BCUT2D eigenvalue weighted by Gasteiger charge is 2.16. The van der Waals surface area contributed by atoms with Gasteiger partial charge < -0.3 is 10.4 Å². The van der Waals surface area contributed by atoms with Crippen LogP contribution in [0.5, 0.6) is 0 Å². The second kappa shape index (κ2) is 5.10. The number of hydrogen-bond donors (Lipinski definition) is 2. The third-order valence-corrected chi connectivity index (χ3v) is 3.92. The Balaban J connectivity index is 2.07. The minimum absolute atomic E-state index is 0.184. The number of aliphatic hydroxyl groups is 1. The Morgan fingerprint density at radius 2 is 2.33 bits per heavy atom. The Bertz CT molecular complexity index is 122. The fourth-order valence-corrected chi connectivity index (χ4v) is 2.41. The van der Waals surface area contributed by atoms with E-state index in [4.69, 9.17) is 0 Å². The monoisotopic (exact) mass is 189 g/mol. The molecule has 0 spiro atoms. The SMILES string of the molecule is CC(O)C(C)SC[C@H]1CCCN1. The summed E-state index contributed by atoms with van der Waals surface area (Å²) in [7, 11) is 0. The molecule has 1 rings (SSSR count). The first-order valence-corrected chi connectivity index (χ1v) is 5.78. The Kier molecular flexibility index (Phi) is 4.40. The lowest BCUT2D eigenvalue weighted by molar-refractivity contribution is 0.196. The van der Waals surface area contributed by atoms with E-state index in [0.29, 0.717) is 11.3 Å². The van der Waals surface area contributed by atoms with Crippen molar-refractivity contribution in [2.24, 2.45) is 0 Å². The minimum Gasteiger partial charge on any atom is -0.392 e. The summed E-state index contributed by atoms with van der Waals surface area (Å²) in [5.74, 6) is 1.14. The van der Waals surface area contributed by atoms with Gasteiger partial charge in [0.1, 0.15) is 0 Å². The Hall–Kier alpha value is 0.270. The van der Waals surface area contributed by atoms with Gasteiger partial charge in [0.05, 0.1) is 6.10 Å². The van der Waals surface area contributed by atoms with E-state index >= 15 is 0 Å². The number of thioether (sulfide) groups is 1. The molecule has 12 heavy (non-hydrogen) atoms. The zero-order chi connectivity index (χ0) is 8.97. The van der Waals surface area contributed by atoms with Gasteiger partial charge in [0.15, 0.2) is 0 Å². The largest absolute Gasteiger partial charge is 0.392 e. The van der Waals surface area contributed by atoms with Gasteiger partial charge in [-0.1, -0.05) is 6.92 Å². The van der Waals surface area contributed by atoms with Crippen LogP contribution in [-0.4, -0.2) is 34.8 Å². The lowest BCUT2D eigenvalue weighted by Gasteiger charge is -2.16. The van der Waals surface area contributed by atoms with E-state index in [9.17, 15) is 5.11 Å². The summed E-state index contributed by atoms with van der Waals surface area (Å²) >= 11 is 1.87. The van der Waals surface area contributed by atoms with Crippen molar-refractivity contribution in [2.45, 2.75) is 44.1 Å². The van der Waals surface area contributed by atoms with Crippen molar-refractivity contribution in [3.8, 4) is 0 Å². The fourth-order valence-electron chi connectivity index (χ4n) is 1.31. The highest BCUT2D eigenvalue weighted by molar-refractivity contribution is 7.99. The smallest absolute Gasteiger partial charge is 0.0628 e. The molecule has 72 valence electrons. The van der Waals surface area contributed by atoms with Crippen molar-refractivity contribution in [3.63, 3.8) is 0 Å². The maximum atomic E-state index is 9.25. The molecular weight excluding hydrogens is 170 g/mol. The van der Waals surface area contributed by atoms with Crippen molar-refractivity contribution in [3.05, 3.63) is 0 Å². The van der Waals surface area contributed by atoms with Crippen molar-refractivity contribution in [1.82, 2.24) is 5.32 Å². The van der Waals surface area contributed by atoms with E-state index in [-0.39, 0.29) is 6.10 Å². The molecule has 0 saturated carbocycles. The highest BCUT2D eigenvalue weighted by Crippen LogP contribution is 2.18. The van der Waals surface area contributed by atoms with Crippen LogP contribution >= 0.6 is 11.8 Å². The molecule has 1 aliphatic heterocycles. The summed E-state index contributed by atoms with van der Waals surface area (Å²) < 4.78 is 0. The van der Waals surface area contributed by atoms with Gasteiger partial charge in [0.25, 0.3) is 0 Å². The molecular formula is C9H19NOS. The molecule has 0 aromatic carbocycles. The number of rotatable bonds is 4. The molecule has 3 heteroatoms. The molecule has 1 fully saturated rings. The summed E-state index contributed by atoms with van der Waals surface area (Å²) in [6.07, 6.45) is 2.43. The topological polar surface area (TPSA) is 32.3 Å². The molecule has 1 saturated heterocycles. The maximum absolute atomic E-state index is 9.25. The molecule has 0 radical (unpaired) electrons. The van der Waals surface area contributed by atoms with Crippen LogP contribution in [0.25, 0.3) is 0 Å². The lowest BCUT2D eigenvalue weighted by atomic mass is 10.3. The second-order valence-electron chi connectivity index (χ2n) is 3.57. The van der Waals surface area contributed by atoms with Gasteiger partial charge in [0, 0.05) is 17.0 Å². The average Bonchev–Trinajstić information content (AvgIpc) is 2.51. The fraction of sp³-hybridized carbons (Fsp3) is 1.00. The van der Waals surface area contributed by atoms with Crippen LogP contribution in [0.1, 0.15) is 26.7 Å². The molecule has 2 nitrogen and oxygen atoms in total. The number of aliphatic hydroxyl groups excluding tert-OH is 1. The van der Waals surface area contributed by atoms with Gasteiger partial charge >= 0.3 is 0 Å². The summed E-state index contributed by atoms with van der Waals surface area (Å²) in [4.78, 5) is 0. The molecule has 2 N–H and O–H groups in total. The third-order valence-electron chi connectivity index (χ3n) is 2.40. The van der Waals surface area contributed by atoms with E-state index < -0.39 is 0 Å². The van der Waals surface area contributed by atoms with E-state index in [1.165, 1.54) is 19.4 Å². The van der Waals surface area contributed by atoms with Crippen LogP contribution in [-0.2, 0) is 0 Å². The Morgan fingerprint density at radius 3 is 2.83 bits per heavy atom. The van der Waals surface area contributed by atoms with Crippen LogP contribution in [0.2, 0.25) is 0 Å². The second-order valence-corrected chi connectivity index (χ2v) is 4.98. The van der Waals surface area contributed by atoms with Crippen molar-refractivity contribution < 1.29 is 5.11 Å². The van der Waals surface area contributed by atoms with Crippen LogP contribution in [0.4, 0.5) is 0 Å². The van der Waals surface area contributed by atoms with E-state index in [2.05, 4.69) is 12.2 Å². The first-order valence-electron chi connectivity index (χ1n) is 4.73. The first-order chi connectivity index (χ1) is 5.70. The van der Waals surface area contributed by atoms with Crippen LogP contribution in [0.15, 0.2) is 0 Å². The molecule has 1 aliphatic rings. The first kappa shape index (κ1) is 10.4. The molecule has 0 aromatic heterocycles. The minimum atomic E-state index is -0.184. The molecule has 1 heterocycles. The van der Waals surface area contributed by atoms with Crippen molar-refractivity contribution in [2.75, 3.05) is 12.3 Å². The van der Waals surface area contributed by atoms with Gasteiger partial charge in [-0.25, -0.2) is 0 Å². The van der Waals surface area contributed by atoms with Gasteiger partial charge in [-0.05, 0) is 26.3 Å². The third kappa shape index (κ3) is 3.33. The summed E-state index contributed by atoms with van der Waals surface area (Å²) in [6.45, 7) is 5.12. The summed E-state index contributed by atoms with van der Waals surface area (Å²) in [6, 6.07) is 0.691. The summed E-state index contributed by atoms with van der Waals surface area (Å²) in [5, 5.41) is 13.1. The molecule has 2 unspecified atom stereocenters. The maximum Gasteiger partial charge on any atom is 0.0628 e. The van der Waals surface area contributed by atoms with Crippen LogP contribution in [0, 0.1) is 0 Å². The van der Waals surface area contributed by atoms with Crippen LogP contribution in [0.3, 0.4) is 0 Å². The number of hydrogen-bond acceptors (Lipinski definition) is 3.